The van der Waals surface area contributed by atoms with Gasteiger partial charge in [0.25, 0.3) is 5.69 Å². The Bertz CT molecular complexity index is 1010. The maximum Gasteiger partial charge on any atom is 0.269 e. The first-order chi connectivity index (χ1) is 12.0. The topological polar surface area (TPSA) is 106 Å². The molecule has 0 amide bonds. The van der Waals surface area contributed by atoms with Crippen molar-refractivity contribution >= 4 is 27.4 Å². The number of nitro benzene ring substituents is 1. The number of nitrogen functional groups attached to an aromatic ring is 1. The molecule has 0 aliphatic rings. The highest BCUT2D eigenvalue weighted by Crippen LogP contribution is 2.32. The number of anilines is 1. The minimum atomic E-state index is -0.469. The number of pyridine rings is 1. The molecule has 7 heteroatoms. The van der Waals surface area contributed by atoms with E-state index in [1.165, 1.54) is 12.1 Å². The number of hydrogen-bond acceptors (Lipinski definition) is 5. The molecule has 0 atom stereocenters. The summed E-state index contributed by atoms with van der Waals surface area (Å²) in [6, 6.07) is 17.4. The van der Waals surface area contributed by atoms with Crippen molar-refractivity contribution in [3.05, 3.63) is 74.7 Å². The number of non-ortho nitro benzene ring substituents is 1. The molecule has 6 nitrogen and oxygen atoms in total. The third kappa shape index (κ3) is 3.34. The van der Waals surface area contributed by atoms with Gasteiger partial charge < -0.3 is 5.73 Å². The predicted molar refractivity (Wildman–Crippen MR) is 98.6 cm³/mol. The minimum Gasteiger partial charge on any atom is -0.383 e. The Morgan fingerprint density at radius 1 is 1.12 bits per heavy atom. The number of hydrogen-bond donors (Lipinski definition) is 1. The Morgan fingerprint density at radius 3 is 2.44 bits per heavy atom. The van der Waals surface area contributed by atoms with E-state index in [0.29, 0.717) is 16.8 Å². The fourth-order valence-corrected chi connectivity index (χ4v) is 2.87. The van der Waals surface area contributed by atoms with Crippen LogP contribution in [-0.4, -0.2) is 9.91 Å². The van der Waals surface area contributed by atoms with Crippen LogP contribution in [0.3, 0.4) is 0 Å². The SMILES string of the molecule is N#Cc1c(-c2ccc([N+](=O)[O-])cc2)cc(-c2cccc(Br)c2)nc1N. The molecule has 2 N–H and O–H groups in total. The predicted octanol–water partition coefficient (Wildman–Crippen LogP) is 4.54. The lowest BCUT2D eigenvalue weighted by Gasteiger charge is -2.10. The lowest BCUT2D eigenvalue weighted by atomic mass is 9.98. The Hall–Kier alpha value is -3.24. The number of benzene rings is 2. The van der Waals surface area contributed by atoms with Gasteiger partial charge in [0.2, 0.25) is 0 Å². The van der Waals surface area contributed by atoms with Gasteiger partial charge >= 0.3 is 0 Å². The Kier molecular flexibility index (Phi) is 4.46. The van der Waals surface area contributed by atoms with Gasteiger partial charge in [-0.15, -0.1) is 0 Å². The molecule has 0 saturated carbocycles. The van der Waals surface area contributed by atoms with E-state index in [4.69, 9.17) is 5.73 Å². The summed E-state index contributed by atoms with van der Waals surface area (Å²) in [5.41, 5.74) is 8.90. The number of nitrogens with two attached hydrogens (primary N) is 1. The third-order valence-electron chi connectivity index (χ3n) is 3.67. The van der Waals surface area contributed by atoms with Crippen molar-refractivity contribution in [3.63, 3.8) is 0 Å². The lowest BCUT2D eigenvalue weighted by molar-refractivity contribution is -0.384. The van der Waals surface area contributed by atoms with Gasteiger partial charge in [-0.3, -0.25) is 10.1 Å². The van der Waals surface area contributed by atoms with E-state index in [1.54, 1.807) is 18.2 Å². The first kappa shape index (κ1) is 16.6. The van der Waals surface area contributed by atoms with Crippen LogP contribution in [0.1, 0.15) is 5.56 Å². The lowest BCUT2D eigenvalue weighted by Crippen LogP contribution is -2.00. The number of halogens is 1. The molecule has 0 unspecified atom stereocenters. The third-order valence-corrected chi connectivity index (χ3v) is 4.16. The molecule has 0 radical (unpaired) electrons. The van der Waals surface area contributed by atoms with E-state index in [0.717, 1.165) is 10.0 Å². The van der Waals surface area contributed by atoms with Crippen molar-refractivity contribution in [1.29, 1.82) is 5.26 Å². The van der Waals surface area contributed by atoms with Crippen LogP contribution in [0, 0.1) is 21.4 Å². The van der Waals surface area contributed by atoms with Crippen molar-refractivity contribution in [1.82, 2.24) is 4.98 Å². The van der Waals surface area contributed by atoms with Crippen LogP contribution in [0.5, 0.6) is 0 Å². The number of nitriles is 1. The van der Waals surface area contributed by atoms with Crippen LogP contribution < -0.4 is 5.73 Å². The van der Waals surface area contributed by atoms with Crippen LogP contribution >= 0.6 is 15.9 Å². The van der Waals surface area contributed by atoms with Crippen molar-refractivity contribution in [2.45, 2.75) is 0 Å². The maximum absolute atomic E-state index is 10.8. The molecular weight excluding hydrogens is 384 g/mol. The summed E-state index contributed by atoms with van der Waals surface area (Å²) in [6.07, 6.45) is 0. The molecule has 0 saturated heterocycles. The van der Waals surface area contributed by atoms with Crippen LogP contribution in [0.4, 0.5) is 11.5 Å². The first-order valence-corrected chi connectivity index (χ1v) is 8.00. The first-order valence-electron chi connectivity index (χ1n) is 7.21. The molecule has 2 aromatic carbocycles. The van der Waals surface area contributed by atoms with E-state index in [2.05, 4.69) is 27.0 Å². The van der Waals surface area contributed by atoms with Crippen LogP contribution in [-0.2, 0) is 0 Å². The van der Waals surface area contributed by atoms with Crippen molar-refractivity contribution in [2.24, 2.45) is 0 Å². The van der Waals surface area contributed by atoms with Crippen LogP contribution in [0.2, 0.25) is 0 Å². The summed E-state index contributed by atoms with van der Waals surface area (Å²) in [5, 5.41) is 20.2. The second-order valence-electron chi connectivity index (χ2n) is 5.24. The van der Waals surface area contributed by atoms with Crippen molar-refractivity contribution in [2.75, 3.05) is 5.73 Å². The van der Waals surface area contributed by atoms with Gasteiger partial charge in [0.1, 0.15) is 17.5 Å². The van der Waals surface area contributed by atoms with Gasteiger partial charge in [-0.2, -0.15) is 5.26 Å². The second-order valence-corrected chi connectivity index (χ2v) is 6.16. The quantitative estimate of drug-likeness (QED) is 0.518. The Balaban J connectivity index is 2.18. The highest BCUT2D eigenvalue weighted by atomic mass is 79.9. The number of nitro groups is 1. The number of rotatable bonds is 3. The summed E-state index contributed by atoms with van der Waals surface area (Å²) >= 11 is 3.42. The van der Waals surface area contributed by atoms with Crippen molar-refractivity contribution < 1.29 is 4.92 Å². The van der Waals surface area contributed by atoms with Gasteiger partial charge in [0.15, 0.2) is 0 Å². The highest BCUT2D eigenvalue weighted by molar-refractivity contribution is 9.10. The molecule has 3 rings (SSSR count). The zero-order valence-corrected chi connectivity index (χ0v) is 14.4. The summed E-state index contributed by atoms with van der Waals surface area (Å²) in [6.45, 7) is 0. The second kappa shape index (κ2) is 6.71. The molecule has 1 heterocycles. The summed E-state index contributed by atoms with van der Waals surface area (Å²) in [5.74, 6) is 0.119. The average Bonchev–Trinajstić information content (AvgIpc) is 2.61. The minimum absolute atomic E-state index is 0.0171. The molecule has 0 bridgehead atoms. The Labute approximate surface area is 151 Å². The van der Waals surface area contributed by atoms with E-state index in [9.17, 15) is 15.4 Å². The highest BCUT2D eigenvalue weighted by Gasteiger charge is 2.14. The standard InChI is InChI=1S/C18H11BrN4O2/c19-13-3-1-2-12(8-13)17-9-15(16(10-20)18(21)22-17)11-4-6-14(7-5-11)23(24)25/h1-9H,(H2,21,22). The molecule has 0 aliphatic heterocycles. The van der Waals surface area contributed by atoms with Gasteiger partial charge in [-0.25, -0.2) is 4.98 Å². The van der Waals surface area contributed by atoms with Crippen molar-refractivity contribution in [3.8, 4) is 28.5 Å². The molecule has 0 aliphatic carbocycles. The fraction of sp³-hybridized carbons (Fsp3) is 0. The smallest absolute Gasteiger partial charge is 0.269 e. The summed E-state index contributed by atoms with van der Waals surface area (Å²) < 4.78 is 0.895. The normalized spacial score (nSPS) is 10.2. The van der Waals surface area contributed by atoms with Crippen LogP contribution in [0.15, 0.2) is 59.1 Å². The molecule has 3 aromatic rings. The molecule has 25 heavy (non-hydrogen) atoms. The van der Waals surface area contributed by atoms with Gasteiger partial charge in [0, 0.05) is 27.7 Å². The zero-order chi connectivity index (χ0) is 18.0. The van der Waals surface area contributed by atoms with E-state index < -0.39 is 4.92 Å². The molecule has 122 valence electrons. The van der Waals surface area contributed by atoms with Gasteiger partial charge in [-0.05, 0) is 35.9 Å². The Morgan fingerprint density at radius 2 is 1.84 bits per heavy atom. The average molecular weight is 395 g/mol. The molecule has 0 fully saturated rings. The molecular formula is C18H11BrN4O2. The maximum atomic E-state index is 10.8. The summed E-state index contributed by atoms with van der Waals surface area (Å²) in [7, 11) is 0. The molecule has 0 spiro atoms. The number of nitrogens with zero attached hydrogens (tertiary/aromatic N) is 3. The molecule has 1 aromatic heterocycles. The zero-order valence-electron chi connectivity index (χ0n) is 12.8. The van der Waals surface area contributed by atoms with Gasteiger partial charge in [0.05, 0.1) is 10.6 Å². The van der Waals surface area contributed by atoms with E-state index in [-0.39, 0.29) is 17.1 Å². The fourth-order valence-electron chi connectivity index (χ4n) is 2.47. The monoisotopic (exact) mass is 394 g/mol. The van der Waals surface area contributed by atoms with Gasteiger partial charge in [-0.1, -0.05) is 28.1 Å². The van der Waals surface area contributed by atoms with E-state index in [1.807, 2.05) is 24.3 Å². The van der Waals surface area contributed by atoms with E-state index >= 15 is 0 Å². The number of aromatic nitrogens is 1. The largest absolute Gasteiger partial charge is 0.383 e. The van der Waals surface area contributed by atoms with Crippen LogP contribution in [0.25, 0.3) is 22.4 Å². The summed E-state index contributed by atoms with van der Waals surface area (Å²) in [4.78, 5) is 14.7.